The normalized spacial score (nSPS) is 12.1. The lowest BCUT2D eigenvalue weighted by atomic mass is 10.1. The standard InChI is InChI=1S/C12H18N2O2/c1-3-14-9(2)10-4-6-11(7-5-10)16-8-12(13)15/h4-7,9,14H,3,8H2,1-2H3,(H2,13,15). The summed E-state index contributed by atoms with van der Waals surface area (Å²) in [6.45, 7) is 5.02. The van der Waals surface area contributed by atoms with Crippen molar-refractivity contribution in [3.05, 3.63) is 29.8 Å². The van der Waals surface area contributed by atoms with E-state index in [-0.39, 0.29) is 6.61 Å². The van der Waals surface area contributed by atoms with Gasteiger partial charge in [-0.25, -0.2) is 0 Å². The SMILES string of the molecule is CCNC(C)c1ccc(OCC(N)=O)cc1. The van der Waals surface area contributed by atoms with Crippen molar-refractivity contribution in [2.45, 2.75) is 19.9 Å². The first kappa shape index (κ1) is 12.5. The van der Waals surface area contributed by atoms with Gasteiger partial charge < -0.3 is 15.8 Å². The second kappa shape index (κ2) is 6.12. The van der Waals surface area contributed by atoms with Crippen LogP contribution in [0.4, 0.5) is 0 Å². The average molecular weight is 222 g/mol. The number of hydrogen-bond donors (Lipinski definition) is 2. The lowest BCUT2D eigenvalue weighted by Gasteiger charge is -2.13. The summed E-state index contributed by atoms with van der Waals surface area (Å²) in [5.74, 6) is 0.191. The van der Waals surface area contributed by atoms with Crippen LogP contribution in [-0.4, -0.2) is 19.1 Å². The molecular formula is C12H18N2O2. The molecule has 0 radical (unpaired) electrons. The van der Waals surface area contributed by atoms with Crippen LogP contribution < -0.4 is 15.8 Å². The lowest BCUT2D eigenvalue weighted by molar-refractivity contribution is -0.119. The number of nitrogens with two attached hydrogens (primary N) is 1. The second-order valence-electron chi connectivity index (χ2n) is 3.60. The molecule has 0 aromatic heterocycles. The molecule has 88 valence electrons. The molecule has 0 bridgehead atoms. The summed E-state index contributed by atoms with van der Waals surface area (Å²) in [5, 5.41) is 3.32. The molecular weight excluding hydrogens is 204 g/mol. The molecule has 4 heteroatoms. The summed E-state index contributed by atoms with van der Waals surface area (Å²) >= 11 is 0. The number of rotatable bonds is 6. The summed E-state index contributed by atoms with van der Waals surface area (Å²) in [5.41, 5.74) is 6.17. The van der Waals surface area contributed by atoms with E-state index in [9.17, 15) is 4.79 Å². The number of carbonyl (C=O) groups excluding carboxylic acids is 1. The Morgan fingerprint density at radius 1 is 1.44 bits per heavy atom. The largest absolute Gasteiger partial charge is 0.484 e. The molecule has 1 rings (SSSR count). The van der Waals surface area contributed by atoms with E-state index in [2.05, 4.69) is 19.2 Å². The molecule has 0 saturated heterocycles. The maximum Gasteiger partial charge on any atom is 0.255 e. The van der Waals surface area contributed by atoms with Crippen LogP contribution in [0.3, 0.4) is 0 Å². The zero-order valence-electron chi connectivity index (χ0n) is 9.69. The smallest absolute Gasteiger partial charge is 0.255 e. The predicted octanol–water partition coefficient (Wildman–Crippen LogP) is 1.22. The van der Waals surface area contributed by atoms with Gasteiger partial charge in [0.25, 0.3) is 5.91 Å². The Balaban J connectivity index is 2.57. The van der Waals surface area contributed by atoms with E-state index in [0.29, 0.717) is 11.8 Å². The lowest BCUT2D eigenvalue weighted by Crippen LogP contribution is -2.20. The molecule has 0 aliphatic carbocycles. The highest BCUT2D eigenvalue weighted by Crippen LogP contribution is 2.17. The monoisotopic (exact) mass is 222 g/mol. The molecule has 4 nitrogen and oxygen atoms in total. The highest BCUT2D eigenvalue weighted by atomic mass is 16.5. The quantitative estimate of drug-likeness (QED) is 0.760. The van der Waals surface area contributed by atoms with Crippen molar-refractivity contribution in [2.24, 2.45) is 5.73 Å². The predicted molar refractivity (Wildman–Crippen MR) is 63.2 cm³/mol. The maximum absolute atomic E-state index is 10.5. The summed E-state index contributed by atoms with van der Waals surface area (Å²) < 4.78 is 5.17. The Labute approximate surface area is 95.8 Å². The van der Waals surface area contributed by atoms with Gasteiger partial charge >= 0.3 is 0 Å². The van der Waals surface area contributed by atoms with E-state index >= 15 is 0 Å². The molecule has 0 aliphatic heterocycles. The third-order valence-corrected chi connectivity index (χ3v) is 2.27. The van der Waals surface area contributed by atoms with Crippen molar-refractivity contribution in [2.75, 3.05) is 13.2 Å². The van der Waals surface area contributed by atoms with E-state index in [4.69, 9.17) is 10.5 Å². The molecule has 1 unspecified atom stereocenters. The van der Waals surface area contributed by atoms with Gasteiger partial charge in [-0.3, -0.25) is 4.79 Å². The first-order chi connectivity index (χ1) is 7.63. The Kier molecular flexibility index (Phi) is 4.79. The van der Waals surface area contributed by atoms with Gasteiger partial charge in [0.15, 0.2) is 6.61 Å². The van der Waals surface area contributed by atoms with Crippen LogP contribution in [0.15, 0.2) is 24.3 Å². The number of benzene rings is 1. The molecule has 3 N–H and O–H groups in total. The van der Waals surface area contributed by atoms with Gasteiger partial charge in [-0.1, -0.05) is 19.1 Å². The van der Waals surface area contributed by atoms with Crippen LogP contribution in [0.1, 0.15) is 25.5 Å². The minimum Gasteiger partial charge on any atom is -0.484 e. The fourth-order valence-electron chi connectivity index (χ4n) is 1.43. The number of nitrogens with one attached hydrogen (secondary N) is 1. The van der Waals surface area contributed by atoms with Gasteiger partial charge in [-0.15, -0.1) is 0 Å². The van der Waals surface area contributed by atoms with Crippen LogP contribution in [0.5, 0.6) is 5.75 Å². The van der Waals surface area contributed by atoms with E-state index in [1.165, 1.54) is 5.56 Å². The summed E-state index contributed by atoms with van der Waals surface area (Å²) in [4.78, 5) is 10.5. The van der Waals surface area contributed by atoms with Gasteiger partial charge in [0.1, 0.15) is 5.75 Å². The van der Waals surface area contributed by atoms with Crippen LogP contribution in [0.2, 0.25) is 0 Å². The zero-order valence-corrected chi connectivity index (χ0v) is 9.69. The van der Waals surface area contributed by atoms with Crippen molar-refractivity contribution < 1.29 is 9.53 Å². The summed E-state index contributed by atoms with van der Waals surface area (Å²) in [6, 6.07) is 7.95. The molecule has 1 aromatic carbocycles. The molecule has 0 saturated carbocycles. The Bertz CT molecular complexity index is 335. The number of carbonyl (C=O) groups is 1. The van der Waals surface area contributed by atoms with Crippen molar-refractivity contribution in [3.8, 4) is 5.75 Å². The molecule has 16 heavy (non-hydrogen) atoms. The molecule has 0 heterocycles. The highest BCUT2D eigenvalue weighted by Gasteiger charge is 2.03. The van der Waals surface area contributed by atoms with Crippen molar-refractivity contribution in [3.63, 3.8) is 0 Å². The molecule has 1 atom stereocenters. The Hall–Kier alpha value is -1.55. The first-order valence-electron chi connectivity index (χ1n) is 5.38. The van der Waals surface area contributed by atoms with E-state index in [1.807, 2.05) is 24.3 Å². The number of primary amides is 1. The minimum absolute atomic E-state index is 0.0812. The van der Waals surface area contributed by atoms with Gasteiger partial charge in [0.05, 0.1) is 0 Å². The third kappa shape index (κ3) is 3.90. The summed E-state index contributed by atoms with van der Waals surface area (Å²) in [6.07, 6.45) is 0. The maximum atomic E-state index is 10.5. The van der Waals surface area contributed by atoms with Gasteiger partial charge in [0.2, 0.25) is 0 Å². The van der Waals surface area contributed by atoms with Crippen LogP contribution in [0.25, 0.3) is 0 Å². The minimum atomic E-state index is -0.468. The molecule has 0 spiro atoms. The molecule has 0 fully saturated rings. The number of hydrogen-bond acceptors (Lipinski definition) is 3. The van der Waals surface area contributed by atoms with Crippen molar-refractivity contribution in [1.82, 2.24) is 5.32 Å². The molecule has 1 amide bonds. The number of ether oxygens (including phenoxy) is 1. The highest BCUT2D eigenvalue weighted by molar-refractivity contribution is 5.75. The van der Waals surface area contributed by atoms with Crippen LogP contribution >= 0.6 is 0 Å². The fraction of sp³-hybridized carbons (Fsp3) is 0.417. The number of amides is 1. The first-order valence-corrected chi connectivity index (χ1v) is 5.38. The van der Waals surface area contributed by atoms with Crippen LogP contribution in [-0.2, 0) is 4.79 Å². The fourth-order valence-corrected chi connectivity index (χ4v) is 1.43. The Morgan fingerprint density at radius 2 is 2.06 bits per heavy atom. The van der Waals surface area contributed by atoms with Crippen molar-refractivity contribution in [1.29, 1.82) is 0 Å². The average Bonchev–Trinajstić information content (AvgIpc) is 2.27. The third-order valence-electron chi connectivity index (χ3n) is 2.27. The molecule has 0 aliphatic rings. The van der Waals surface area contributed by atoms with Gasteiger partial charge in [0, 0.05) is 6.04 Å². The topological polar surface area (TPSA) is 64.3 Å². The molecule has 1 aromatic rings. The van der Waals surface area contributed by atoms with Crippen LogP contribution in [0, 0.1) is 0 Å². The van der Waals surface area contributed by atoms with Gasteiger partial charge in [-0.2, -0.15) is 0 Å². The van der Waals surface area contributed by atoms with E-state index in [1.54, 1.807) is 0 Å². The zero-order chi connectivity index (χ0) is 12.0. The summed E-state index contributed by atoms with van der Waals surface area (Å²) in [7, 11) is 0. The van der Waals surface area contributed by atoms with Gasteiger partial charge in [-0.05, 0) is 31.2 Å². The van der Waals surface area contributed by atoms with E-state index < -0.39 is 5.91 Å². The van der Waals surface area contributed by atoms with Crippen molar-refractivity contribution >= 4 is 5.91 Å². The Morgan fingerprint density at radius 3 is 2.56 bits per heavy atom. The van der Waals surface area contributed by atoms with E-state index in [0.717, 1.165) is 6.54 Å². The second-order valence-corrected chi connectivity index (χ2v) is 3.60.